The Hall–Kier alpha value is -0.920. The molecule has 0 aliphatic carbocycles. The number of aryl methyl sites for hydroxylation is 2. The fraction of sp³-hybridized carbons (Fsp3) is 0.733. The maximum Gasteiger partial charge on any atom is 0.0631 e. The lowest BCUT2D eigenvalue weighted by molar-refractivity contribution is 0.624. The summed E-state index contributed by atoms with van der Waals surface area (Å²) < 4.78 is 0. The third kappa shape index (κ3) is 6.40. The van der Waals surface area contributed by atoms with E-state index in [4.69, 9.17) is 0 Å². The first kappa shape index (κ1) is 14.1. The lowest BCUT2D eigenvalue weighted by atomic mass is 10.1. The van der Waals surface area contributed by atoms with Gasteiger partial charge in [0, 0.05) is 0 Å². The van der Waals surface area contributed by atoms with Gasteiger partial charge in [-0.1, -0.05) is 46.0 Å². The molecule has 2 heteroatoms. The first-order chi connectivity index (χ1) is 8.36. The molecule has 96 valence electrons. The Bertz CT molecular complexity index is 279. The van der Waals surface area contributed by atoms with E-state index in [1.807, 2.05) is 0 Å². The van der Waals surface area contributed by atoms with Crippen LogP contribution in [0.2, 0.25) is 0 Å². The monoisotopic (exact) mass is 234 g/mol. The minimum atomic E-state index is 1.07. The SMILES string of the molecule is CCCCCCCc1ccc(CCCC)nn1. The van der Waals surface area contributed by atoms with Crippen LogP contribution in [-0.2, 0) is 12.8 Å². The lowest BCUT2D eigenvalue weighted by Crippen LogP contribution is -1.97. The maximum atomic E-state index is 4.30. The van der Waals surface area contributed by atoms with Crippen LogP contribution < -0.4 is 0 Å². The average Bonchev–Trinajstić information content (AvgIpc) is 2.37. The molecule has 0 atom stereocenters. The second-order valence-electron chi connectivity index (χ2n) is 4.78. The van der Waals surface area contributed by atoms with Crippen molar-refractivity contribution in [3.8, 4) is 0 Å². The van der Waals surface area contributed by atoms with E-state index in [-0.39, 0.29) is 0 Å². The topological polar surface area (TPSA) is 25.8 Å². The van der Waals surface area contributed by atoms with Gasteiger partial charge >= 0.3 is 0 Å². The van der Waals surface area contributed by atoms with Crippen LogP contribution in [0.25, 0.3) is 0 Å². The molecule has 1 rings (SSSR count). The minimum Gasteiger partial charge on any atom is -0.155 e. The number of rotatable bonds is 9. The minimum absolute atomic E-state index is 1.07. The molecule has 0 radical (unpaired) electrons. The second-order valence-corrected chi connectivity index (χ2v) is 4.78. The highest BCUT2D eigenvalue weighted by atomic mass is 15.1. The number of hydrogen-bond acceptors (Lipinski definition) is 2. The zero-order chi connectivity index (χ0) is 12.3. The largest absolute Gasteiger partial charge is 0.155 e. The molecule has 1 aromatic heterocycles. The standard InChI is InChI=1S/C15H26N2/c1-3-5-7-8-9-11-15-13-12-14(16-17-15)10-6-4-2/h12-13H,3-11H2,1-2H3. The lowest BCUT2D eigenvalue weighted by Gasteiger charge is -2.02. The summed E-state index contributed by atoms with van der Waals surface area (Å²) >= 11 is 0. The van der Waals surface area contributed by atoms with Gasteiger partial charge in [0.25, 0.3) is 0 Å². The smallest absolute Gasteiger partial charge is 0.0631 e. The Labute approximate surface area is 106 Å². The first-order valence-corrected chi connectivity index (χ1v) is 7.18. The Balaban J connectivity index is 2.20. The molecule has 0 aliphatic rings. The molecule has 0 amide bonds. The van der Waals surface area contributed by atoms with E-state index in [0.717, 1.165) is 24.2 Å². The highest BCUT2D eigenvalue weighted by Gasteiger charge is 1.98. The Morgan fingerprint density at radius 3 is 1.76 bits per heavy atom. The van der Waals surface area contributed by atoms with Crippen molar-refractivity contribution in [1.29, 1.82) is 0 Å². The Morgan fingerprint density at radius 1 is 0.706 bits per heavy atom. The number of unbranched alkanes of at least 4 members (excludes halogenated alkanes) is 5. The fourth-order valence-electron chi connectivity index (χ4n) is 1.92. The van der Waals surface area contributed by atoms with Crippen LogP contribution in [0.5, 0.6) is 0 Å². The summed E-state index contributed by atoms with van der Waals surface area (Å²) in [6, 6.07) is 4.29. The van der Waals surface area contributed by atoms with Gasteiger partial charge in [0.1, 0.15) is 0 Å². The molecular formula is C15H26N2. The molecule has 0 saturated carbocycles. The van der Waals surface area contributed by atoms with Gasteiger partial charge in [0.2, 0.25) is 0 Å². The highest BCUT2D eigenvalue weighted by molar-refractivity contribution is 5.07. The van der Waals surface area contributed by atoms with Gasteiger partial charge in [-0.05, 0) is 37.8 Å². The van der Waals surface area contributed by atoms with Crippen LogP contribution in [0.3, 0.4) is 0 Å². The highest BCUT2D eigenvalue weighted by Crippen LogP contribution is 2.08. The third-order valence-corrected chi connectivity index (χ3v) is 3.10. The summed E-state index contributed by atoms with van der Waals surface area (Å²) in [6.07, 6.45) is 11.2. The van der Waals surface area contributed by atoms with Gasteiger partial charge in [-0.25, -0.2) is 0 Å². The third-order valence-electron chi connectivity index (χ3n) is 3.10. The molecule has 0 saturated heterocycles. The van der Waals surface area contributed by atoms with Crippen LogP contribution in [-0.4, -0.2) is 10.2 Å². The average molecular weight is 234 g/mol. The molecule has 0 fully saturated rings. The number of aromatic nitrogens is 2. The van der Waals surface area contributed by atoms with Crippen molar-refractivity contribution in [2.75, 3.05) is 0 Å². The van der Waals surface area contributed by atoms with E-state index in [1.165, 1.54) is 44.9 Å². The van der Waals surface area contributed by atoms with Crippen molar-refractivity contribution < 1.29 is 0 Å². The second kappa shape index (κ2) is 9.15. The molecule has 0 spiro atoms. The molecule has 17 heavy (non-hydrogen) atoms. The van der Waals surface area contributed by atoms with Gasteiger partial charge < -0.3 is 0 Å². The molecule has 1 aromatic rings. The summed E-state index contributed by atoms with van der Waals surface area (Å²) in [7, 11) is 0. The summed E-state index contributed by atoms with van der Waals surface area (Å²) in [5.41, 5.74) is 2.29. The van der Waals surface area contributed by atoms with Crippen molar-refractivity contribution in [3.05, 3.63) is 23.5 Å². The zero-order valence-corrected chi connectivity index (χ0v) is 11.4. The predicted molar refractivity (Wildman–Crippen MR) is 73.1 cm³/mol. The van der Waals surface area contributed by atoms with E-state index in [0.29, 0.717) is 0 Å². The van der Waals surface area contributed by atoms with Crippen LogP contribution >= 0.6 is 0 Å². The van der Waals surface area contributed by atoms with Gasteiger partial charge in [0.05, 0.1) is 11.4 Å². The molecule has 0 aliphatic heterocycles. The van der Waals surface area contributed by atoms with Crippen molar-refractivity contribution in [3.63, 3.8) is 0 Å². The van der Waals surface area contributed by atoms with E-state index < -0.39 is 0 Å². The van der Waals surface area contributed by atoms with Gasteiger partial charge in [0.15, 0.2) is 0 Å². The van der Waals surface area contributed by atoms with Gasteiger partial charge in [-0.2, -0.15) is 10.2 Å². The van der Waals surface area contributed by atoms with Crippen molar-refractivity contribution in [1.82, 2.24) is 10.2 Å². The first-order valence-electron chi connectivity index (χ1n) is 7.18. The Kier molecular flexibility index (Phi) is 7.61. The van der Waals surface area contributed by atoms with E-state index in [2.05, 4.69) is 36.2 Å². The van der Waals surface area contributed by atoms with Crippen LogP contribution in [0.1, 0.15) is 70.2 Å². The van der Waals surface area contributed by atoms with Crippen LogP contribution in [0.15, 0.2) is 12.1 Å². The van der Waals surface area contributed by atoms with Gasteiger partial charge in [-0.3, -0.25) is 0 Å². The summed E-state index contributed by atoms with van der Waals surface area (Å²) in [6.45, 7) is 4.46. The van der Waals surface area contributed by atoms with E-state index in [9.17, 15) is 0 Å². The normalized spacial score (nSPS) is 10.7. The predicted octanol–water partition coefficient (Wildman–Crippen LogP) is 4.33. The molecule has 0 aromatic carbocycles. The summed E-state index contributed by atoms with van der Waals surface area (Å²) in [4.78, 5) is 0. The zero-order valence-electron chi connectivity index (χ0n) is 11.4. The molecule has 0 bridgehead atoms. The fourth-order valence-corrected chi connectivity index (χ4v) is 1.92. The molecule has 1 heterocycles. The number of hydrogen-bond donors (Lipinski definition) is 0. The molecule has 0 N–H and O–H groups in total. The maximum absolute atomic E-state index is 4.30. The molecular weight excluding hydrogens is 208 g/mol. The molecule has 2 nitrogen and oxygen atoms in total. The van der Waals surface area contributed by atoms with Gasteiger partial charge in [-0.15, -0.1) is 0 Å². The molecule has 0 unspecified atom stereocenters. The van der Waals surface area contributed by atoms with E-state index in [1.54, 1.807) is 0 Å². The summed E-state index contributed by atoms with van der Waals surface area (Å²) in [5, 5.41) is 8.58. The van der Waals surface area contributed by atoms with Crippen LogP contribution in [0, 0.1) is 0 Å². The summed E-state index contributed by atoms with van der Waals surface area (Å²) in [5.74, 6) is 0. The van der Waals surface area contributed by atoms with Crippen molar-refractivity contribution >= 4 is 0 Å². The van der Waals surface area contributed by atoms with E-state index >= 15 is 0 Å². The quantitative estimate of drug-likeness (QED) is 0.594. The Morgan fingerprint density at radius 2 is 1.24 bits per heavy atom. The van der Waals surface area contributed by atoms with Crippen LogP contribution in [0.4, 0.5) is 0 Å². The van der Waals surface area contributed by atoms with Crippen molar-refractivity contribution in [2.45, 2.75) is 71.6 Å². The number of nitrogens with zero attached hydrogens (tertiary/aromatic N) is 2. The van der Waals surface area contributed by atoms with Crippen molar-refractivity contribution in [2.24, 2.45) is 0 Å².